The number of carbonyl (C=O) groups excluding carboxylic acids is 2. The number of hydrogen-bond donors (Lipinski definition) is 2. The zero-order chi connectivity index (χ0) is 24.0. The molecule has 0 radical (unpaired) electrons. The van der Waals surface area contributed by atoms with Gasteiger partial charge in [-0.25, -0.2) is 0 Å². The molecule has 0 heterocycles. The Morgan fingerprint density at radius 1 is 0.839 bits per heavy atom. The molecule has 0 saturated carbocycles. The molecule has 0 aliphatic carbocycles. The Morgan fingerprint density at radius 2 is 1.32 bits per heavy atom. The second kappa shape index (κ2) is 15.7. The summed E-state index contributed by atoms with van der Waals surface area (Å²) in [6.45, 7) is 14.0. The third-order valence-electron chi connectivity index (χ3n) is 6.18. The van der Waals surface area contributed by atoms with E-state index in [-0.39, 0.29) is 6.42 Å². The minimum Gasteiger partial charge on any atom is -0.383 e. The van der Waals surface area contributed by atoms with Crippen LogP contribution in [0.25, 0.3) is 0 Å². The van der Waals surface area contributed by atoms with Crippen molar-refractivity contribution >= 4 is 11.6 Å². The quantitative estimate of drug-likeness (QED) is 0.191. The van der Waals surface area contributed by atoms with Crippen molar-refractivity contribution in [2.45, 2.75) is 131 Å². The van der Waals surface area contributed by atoms with E-state index in [2.05, 4.69) is 34.6 Å². The van der Waals surface area contributed by atoms with Crippen LogP contribution in [0.3, 0.4) is 0 Å². The third-order valence-corrected chi connectivity index (χ3v) is 6.18. The molecular formula is C27H50O4. The number of aliphatic hydroxyl groups is 2. The van der Waals surface area contributed by atoms with E-state index in [9.17, 15) is 19.8 Å². The topological polar surface area (TPSA) is 74.6 Å². The van der Waals surface area contributed by atoms with Crippen molar-refractivity contribution in [2.75, 3.05) is 0 Å². The van der Waals surface area contributed by atoms with Gasteiger partial charge in [-0.2, -0.15) is 0 Å². The van der Waals surface area contributed by atoms with Gasteiger partial charge in [0.25, 0.3) is 0 Å². The Morgan fingerprint density at radius 3 is 1.81 bits per heavy atom. The van der Waals surface area contributed by atoms with Crippen LogP contribution < -0.4 is 0 Å². The lowest BCUT2D eigenvalue weighted by Gasteiger charge is -2.18. The summed E-state index contributed by atoms with van der Waals surface area (Å²) in [6.07, 6.45) is 12.4. The average Bonchev–Trinajstić information content (AvgIpc) is 2.65. The highest BCUT2D eigenvalue weighted by molar-refractivity contribution is 6.08. The highest BCUT2D eigenvalue weighted by atomic mass is 16.3. The van der Waals surface area contributed by atoms with E-state index in [1.807, 2.05) is 6.08 Å². The fourth-order valence-electron chi connectivity index (χ4n) is 3.89. The number of allylic oxidation sites excluding steroid dienone is 2. The lowest BCUT2D eigenvalue weighted by Crippen LogP contribution is -2.43. The van der Waals surface area contributed by atoms with E-state index in [1.165, 1.54) is 64.4 Å². The molecule has 4 heteroatoms. The number of hydrogen-bond acceptors (Lipinski definition) is 4. The van der Waals surface area contributed by atoms with Crippen molar-refractivity contribution < 1.29 is 19.8 Å². The van der Waals surface area contributed by atoms with Crippen molar-refractivity contribution in [1.82, 2.24) is 0 Å². The zero-order valence-corrected chi connectivity index (χ0v) is 21.4. The predicted octanol–water partition coefficient (Wildman–Crippen LogP) is 6.42. The maximum Gasteiger partial charge on any atom is 0.199 e. The molecule has 2 N–H and O–H groups in total. The van der Waals surface area contributed by atoms with Gasteiger partial charge in [0.2, 0.25) is 0 Å². The van der Waals surface area contributed by atoms with Crippen LogP contribution >= 0.6 is 0 Å². The second-order valence-corrected chi connectivity index (χ2v) is 10.7. The molecule has 0 saturated heterocycles. The van der Waals surface area contributed by atoms with Crippen LogP contribution in [0.4, 0.5) is 0 Å². The maximum atomic E-state index is 11.9. The number of Topliss-reactive ketones (excluding diaryl/α,β-unsaturated/α-hetero) is 2. The van der Waals surface area contributed by atoms with Gasteiger partial charge in [-0.3, -0.25) is 9.59 Å². The van der Waals surface area contributed by atoms with E-state index < -0.39 is 23.3 Å². The molecule has 3 unspecified atom stereocenters. The molecule has 3 atom stereocenters. The van der Waals surface area contributed by atoms with Gasteiger partial charge in [-0.05, 0) is 57.8 Å². The van der Waals surface area contributed by atoms with E-state index in [1.54, 1.807) is 0 Å². The smallest absolute Gasteiger partial charge is 0.199 e. The maximum absolute atomic E-state index is 11.9. The largest absolute Gasteiger partial charge is 0.383 e. The lowest BCUT2D eigenvalue weighted by molar-refractivity contribution is -0.149. The first-order valence-electron chi connectivity index (χ1n) is 12.5. The van der Waals surface area contributed by atoms with Crippen molar-refractivity contribution in [1.29, 1.82) is 0 Å². The third kappa shape index (κ3) is 15.4. The van der Waals surface area contributed by atoms with Gasteiger partial charge in [0.15, 0.2) is 17.7 Å². The highest BCUT2D eigenvalue weighted by Gasteiger charge is 2.34. The van der Waals surface area contributed by atoms with Crippen molar-refractivity contribution in [3.05, 3.63) is 11.6 Å². The van der Waals surface area contributed by atoms with Crippen LogP contribution in [0.1, 0.15) is 119 Å². The van der Waals surface area contributed by atoms with Crippen LogP contribution in [0.2, 0.25) is 0 Å². The fourth-order valence-corrected chi connectivity index (χ4v) is 3.89. The summed E-state index contributed by atoms with van der Waals surface area (Å²) in [5.41, 5.74) is -0.439. The lowest BCUT2D eigenvalue weighted by atomic mass is 9.91. The fraction of sp³-hybridized carbons (Fsp3) is 0.852. The number of ketones is 2. The molecule has 4 nitrogen and oxygen atoms in total. The van der Waals surface area contributed by atoms with Gasteiger partial charge in [0, 0.05) is 6.42 Å². The average molecular weight is 439 g/mol. The van der Waals surface area contributed by atoms with E-state index in [0.29, 0.717) is 6.42 Å². The molecule has 0 aliphatic rings. The van der Waals surface area contributed by atoms with Gasteiger partial charge >= 0.3 is 0 Å². The van der Waals surface area contributed by atoms with Gasteiger partial charge in [0.05, 0.1) is 0 Å². The molecule has 0 spiro atoms. The van der Waals surface area contributed by atoms with E-state index in [0.717, 1.165) is 30.6 Å². The molecule has 0 aromatic carbocycles. The summed E-state index contributed by atoms with van der Waals surface area (Å²) in [7, 11) is 0. The zero-order valence-electron chi connectivity index (χ0n) is 21.4. The molecule has 31 heavy (non-hydrogen) atoms. The van der Waals surface area contributed by atoms with Gasteiger partial charge < -0.3 is 10.2 Å². The Bertz CT molecular complexity index is 542. The summed E-state index contributed by atoms with van der Waals surface area (Å²) >= 11 is 0. The van der Waals surface area contributed by atoms with Crippen LogP contribution in [-0.4, -0.2) is 33.5 Å². The Hall–Kier alpha value is -1.00. The highest BCUT2D eigenvalue weighted by Crippen LogP contribution is 2.22. The molecule has 182 valence electrons. The normalized spacial score (nSPS) is 15.7. The molecule has 0 fully saturated rings. The Balaban J connectivity index is 3.96. The molecule has 0 aromatic rings. The van der Waals surface area contributed by atoms with Crippen LogP contribution in [0, 0.1) is 17.8 Å². The molecule has 0 rings (SSSR count). The van der Waals surface area contributed by atoms with Gasteiger partial charge in [-0.15, -0.1) is 0 Å². The van der Waals surface area contributed by atoms with Crippen LogP contribution in [0.5, 0.6) is 0 Å². The summed E-state index contributed by atoms with van der Waals surface area (Å²) < 4.78 is 0. The number of aliphatic hydroxyl groups excluding tert-OH is 1. The minimum atomic E-state index is -1.73. The minimum absolute atomic E-state index is 0.117. The molecule has 0 aliphatic heterocycles. The summed E-state index contributed by atoms with van der Waals surface area (Å²) in [4.78, 5) is 23.7. The summed E-state index contributed by atoms with van der Waals surface area (Å²) in [5, 5.41) is 19.4. The molecular weight excluding hydrogens is 388 g/mol. The van der Waals surface area contributed by atoms with E-state index >= 15 is 0 Å². The van der Waals surface area contributed by atoms with Crippen LogP contribution in [-0.2, 0) is 9.59 Å². The molecule has 0 bridgehead atoms. The monoisotopic (exact) mass is 438 g/mol. The Kier molecular flexibility index (Phi) is 15.2. The molecule has 0 aromatic heterocycles. The van der Waals surface area contributed by atoms with Gasteiger partial charge in [-0.1, -0.05) is 84.3 Å². The summed E-state index contributed by atoms with van der Waals surface area (Å²) in [6, 6.07) is 0. The second-order valence-electron chi connectivity index (χ2n) is 10.7. The first-order chi connectivity index (χ1) is 14.3. The first-order valence-corrected chi connectivity index (χ1v) is 12.5. The predicted molar refractivity (Wildman–Crippen MR) is 130 cm³/mol. The standard InChI is InChI=1S/C27H50O4/c1-20(2)12-8-13-21(3)14-9-15-22(4)16-10-17-23(5)18-11-19-24(28)25(29)26(30)27(6,7)31/h18,20-22,25,29,31H,8-17,19H2,1-7H3. The Labute approximate surface area is 191 Å². The van der Waals surface area contributed by atoms with Crippen molar-refractivity contribution in [3.8, 4) is 0 Å². The first kappa shape index (κ1) is 30.0. The SMILES string of the molecule is CC(=CCCC(=O)C(O)C(=O)C(C)(C)O)CCCC(C)CCCC(C)CCCC(C)C. The number of rotatable bonds is 18. The van der Waals surface area contributed by atoms with Crippen molar-refractivity contribution in [3.63, 3.8) is 0 Å². The van der Waals surface area contributed by atoms with Crippen LogP contribution in [0.15, 0.2) is 11.6 Å². The summed E-state index contributed by atoms with van der Waals surface area (Å²) in [5.74, 6) is 1.05. The molecule has 0 amide bonds. The number of carbonyl (C=O) groups is 2. The van der Waals surface area contributed by atoms with Gasteiger partial charge in [0.1, 0.15) is 5.60 Å². The van der Waals surface area contributed by atoms with Crippen molar-refractivity contribution in [2.24, 2.45) is 17.8 Å². The van der Waals surface area contributed by atoms with E-state index in [4.69, 9.17) is 0 Å².